The van der Waals surface area contributed by atoms with Crippen LogP contribution in [0.15, 0.2) is 18.2 Å². The minimum absolute atomic E-state index is 0.226. The van der Waals surface area contributed by atoms with Gasteiger partial charge in [-0.1, -0.05) is 13.3 Å². The van der Waals surface area contributed by atoms with Crippen LogP contribution in [-0.4, -0.2) is 24.7 Å². The van der Waals surface area contributed by atoms with Crippen molar-refractivity contribution >= 4 is 11.4 Å². The van der Waals surface area contributed by atoms with Crippen LogP contribution in [0.5, 0.6) is 0 Å². The molecule has 0 radical (unpaired) electrons. The number of unbranched alkanes of at least 4 members (excludes halogenated alkanes) is 1. The summed E-state index contributed by atoms with van der Waals surface area (Å²) in [5.41, 5.74) is -0.459. The Morgan fingerprint density at radius 1 is 1.33 bits per heavy atom. The number of nitrogens with zero attached hydrogens (tertiary/aromatic N) is 1. The van der Waals surface area contributed by atoms with E-state index in [0.717, 1.165) is 18.9 Å². The van der Waals surface area contributed by atoms with E-state index in [4.69, 9.17) is 4.74 Å². The molecule has 21 heavy (non-hydrogen) atoms. The van der Waals surface area contributed by atoms with Gasteiger partial charge in [0.05, 0.1) is 4.92 Å². The number of nitrogens with one attached hydrogen (secondary N) is 1. The van der Waals surface area contributed by atoms with E-state index in [0.29, 0.717) is 26.2 Å². The van der Waals surface area contributed by atoms with Gasteiger partial charge in [0, 0.05) is 43.1 Å². The van der Waals surface area contributed by atoms with Gasteiger partial charge in [-0.2, -0.15) is 0 Å². The van der Waals surface area contributed by atoms with Crippen molar-refractivity contribution in [2.45, 2.75) is 32.6 Å². The Kier molecular flexibility index (Phi) is 7.60. The van der Waals surface area contributed by atoms with Crippen molar-refractivity contribution < 1.29 is 18.4 Å². The molecule has 0 fully saturated rings. The molecule has 0 atom stereocenters. The molecule has 0 aliphatic rings. The molecule has 7 heteroatoms. The second-order valence-corrected chi connectivity index (χ2v) is 4.58. The maximum absolute atomic E-state index is 12.9. The van der Waals surface area contributed by atoms with Crippen molar-refractivity contribution in [2.24, 2.45) is 0 Å². The fraction of sp³-hybridized carbons (Fsp3) is 0.571. The predicted octanol–water partition coefficient (Wildman–Crippen LogP) is 4.15. The van der Waals surface area contributed by atoms with E-state index < -0.39 is 11.3 Å². The number of nitro benzene ring substituents is 1. The highest BCUT2D eigenvalue weighted by atomic mass is 19.3. The summed E-state index contributed by atoms with van der Waals surface area (Å²) in [6.07, 6.45) is 0.00113. The van der Waals surface area contributed by atoms with Gasteiger partial charge >= 0.3 is 0 Å². The fourth-order valence-electron chi connectivity index (χ4n) is 1.75. The molecule has 0 unspecified atom stereocenters. The third-order valence-corrected chi connectivity index (χ3v) is 2.90. The number of halogens is 2. The Morgan fingerprint density at radius 2 is 2.05 bits per heavy atom. The third-order valence-electron chi connectivity index (χ3n) is 2.90. The number of anilines is 1. The van der Waals surface area contributed by atoms with E-state index in [1.54, 1.807) is 0 Å². The van der Waals surface area contributed by atoms with Gasteiger partial charge in [-0.3, -0.25) is 10.1 Å². The van der Waals surface area contributed by atoms with Crippen molar-refractivity contribution in [2.75, 3.05) is 25.1 Å². The van der Waals surface area contributed by atoms with Crippen LogP contribution in [0.2, 0.25) is 0 Å². The van der Waals surface area contributed by atoms with E-state index in [1.807, 2.05) is 0 Å². The number of nitro groups is 1. The van der Waals surface area contributed by atoms with Crippen molar-refractivity contribution in [3.63, 3.8) is 0 Å². The molecule has 0 heterocycles. The van der Waals surface area contributed by atoms with Gasteiger partial charge in [-0.05, 0) is 18.9 Å². The zero-order chi connectivity index (χ0) is 15.7. The van der Waals surface area contributed by atoms with Crippen LogP contribution in [0, 0.1) is 10.1 Å². The zero-order valence-corrected chi connectivity index (χ0v) is 12.0. The lowest BCUT2D eigenvalue weighted by Gasteiger charge is -2.11. The number of hydrogen-bond donors (Lipinski definition) is 1. The molecule has 0 amide bonds. The molecule has 0 aliphatic carbocycles. The Labute approximate surface area is 122 Å². The van der Waals surface area contributed by atoms with Gasteiger partial charge in [0.15, 0.2) is 0 Å². The van der Waals surface area contributed by atoms with Gasteiger partial charge in [0.1, 0.15) is 0 Å². The first-order valence-electron chi connectivity index (χ1n) is 6.94. The van der Waals surface area contributed by atoms with E-state index in [9.17, 15) is 18.9 Å². The second-order valence-electron chi connectivity index (χ2n) is 4.58. The molecule has 1 rings (SSSR count). The van der Waals surface area contributed by atoms with Gasteiger partial charge in [0.25, 0.3) is 12.1 Å². The predicted molar refractivity (Wildman–Crippen MR) is 76.9 cm³/mol. The summed E-state index contributed by atoms with van der Waals surface area (Å²) >= 11 is 0. The largest absolute Gasteiger partial charge is 0.385 e. The first-order chi connectivity index (χ1) is 10.1. The summed E-state index contributed by atoms with van der Waals surface area (Å²) in [5, 5.41) is 13.5. The number of benzene rings is 1. The van der Waals surface area contributed by atoms with Crippen LogP contribution in [0.3, 0.4) is 0 Å². The lowest BCUT2D eigenvalue weighted by atomic mass is 10.1. The van der Waals surface area contributed by atoms with E-state index in [2.05, 4.69) is 12.2 Å². The molecule has 0 spiro atoms. The molecular weight excluding hydrogens is 282 g/mol. The topological polar surface area (TPSA) is 64.4 Å². The summed E-state index contributed by atoms with van der Waals surface area (Å²) < 4.78 is 31.2. The van der Waals surface area contributed by atoms with Crippen LogP contribution in [0.1, 0.15) is 38.2 Å². The average Bonchev–Trinajstić information content (AvgIpc) is 2.46. The molecule has 118 valence electrons. The van der Waals surface area contributed by atoms with Crippen LogP contribution in [-0.2, 0) is 4.74 Å². The first kappa shape index (κ1) is 17.3. The number of non-ortho nitro benzene ring substituents is 1. The van der Waals surface area contributed by atoms with Crippen LogP contribution in [0.25, 0.3) is 0 Å². The molecule has 5 nitrogen and oxygen atoms in total. The van der Waals surface area contributed by atoms with Crippen molar-refractivity contribution in [1.29, 1.82) is 0 Å². The molecule has 0 bridgehead atoms. The highest BCUT2D eigenvalue weighted by Crippen LogP contribution is 2.30. The molecule has 1 aromatic carbocycles. The fourth-order valence-corrected chi connectivity index (χ4v) is 1.75. The van der Waals surface area contributed by atoms with Crippen LogP contribution < -0.4 is 5.32 Å². The quantitative estimate of drug-likeness (QED) is 0.400. The summed E-state index contributed by atoms with van der Waals surface area (Å²) in [7, 11) is 0. The second kappa shape index (κ2) is 9.23. The highest BCUT2D eigenvalue weighted by molar-refractivity contribution is 5.56. The summed E-state index contributed by atoms with van der Waals surface area (Å²) in [6, 6.07) is 3.44. The molecule has 1 N–H and O–H groups in total. The zero-order valence-electron chi connectivity index (χ0n) is 12.0. The smallest absolute Gasteiger partial charge is 0.270 e. The monoisotopic (exact) mass is 302 g/mol. The minimum atomic E-state index is -2.76. The summed E-state index contributed by atoms with van der Waals surface area (Å²) in [6.45, 7) is 3.81. The molecule has 0 saturated carbocycles. The molecule has 0 aromatic heterocycles. The molecule has 0 aliphatic heterocycles. The summed E-state index contributed by atoms with van der Waals surface area (Å²) in [5.74, 6) is 0. The number of hydrogen-bond acceptors (Lipinski definition) is 4. The third kappa shape index (κ3) is 6.03. The number of ether oxygens (including phenoxy) is 1. The lowest BCUT2D eigenvalue weighted by Crippen LogP contribution is -2.08. The van der Waals surface area contributed by atoms with Crippen molar-refractivity contribution in [1.82, 2.24) is 0 Å². The Hall–Kier alpha value is -1.76. The average molecular weight is 302 g/mol. The normalized spacial score (nSPS) is 10.9. The highest BCUT2D eigenvalue weighted by Gasteiger charge is 2.17. The number of alkyl halides is 2. The number of rotatable bonds is 10. The minimum Gasteiger partial charge on any atom is -0.385 e. The van der Waals surface area contributed by atoms with Gasteiger partial charge in [0.2, 0.25) is 0 Å². The maximum atomic E-state index is 12.9. The SMILES string of the molecule is CCCCOCCCNc1ccc([N+](=O)[O-])cc1C(F)F. The van der Waals surface area contributed by atoms with Crippen LogP contribution in [0.4, 0.5) is 20.2 Å². The van der Waals surface area contributed by atoms with Gasteiger partial charge in [-0.15, -0.1) is 0 Å². The Morgan fingerprint density at radius 3 is 2.67 bits per heavy atom. The molecule has 0 saturated heterocycles. The van der Waals surface area contributed by atoms with Gasteiger partial charge in [-0.25, -0.2) is 8.78 Å². The Balaban J connectivity index is 2.49. The van der Waals surface area contributed by atoms with Crippen molar-refractivity contribution in [3.8, 4) is 0 Å². The Bertz CT molecular complexity index is 456. The summed E-state index contributed by atoms with van der Waals surface area (Å²) in [4.78, 5) is 9.91. The molecule has 1 aromatic rings. The van der Waals surface area contributed by atoms with E-state index >= 15 is 0 Å². The maximum Gasteiger partial charge on any atom is 0.270 e. The van der Waals surface area contributed by atoms with Crippen molar-refractivity contribution in [3.05, 3.63) is 33.9 Å². The van der Waals surface area contributed by atoms with E-state index in [-0.39, 0.29) is 16.9 Å². The standard InChI is InChI=1S/C14H20F2N2O3/c1-2-3-8-21-9-4-7-17-13-6-5-11(18(19)20)10-12(13)14(15)16/h5-6,10,14,17H,2-4,7-9H2,1H3. The van der Waals surface area contributed by atoms with Gasteiger partial charge < -0.3 is 10.1 Å². The first-order valence-corrected chi connectivity index (χ1v) is 6.94. The lowest BCUT2D eigenvalue weighted by molar-refractivity contribution is -0.385. The van der Waals surface area contributed by atoms with E-state index in [1.165, 1.54) is 12.1 Å². The van der Waals surface area contributed by atoms with Crippen LogP contribution >= 0.6 is 0 Å². The molecular formula is C14H20F2N2O3.